The van der Waals surface area contributed by atoms with Gasteiger partial charge < -0.3 is 10.1 Å². The van der Waals surface area contributed by atoms with Gasteiger partial charge in [-0.15, -0.1) is 5.10 Å². The number of carbonyl (C=O) groups is 1. The summed E-state index contributed by atoms with van der Waals surface area (Å²) in [5.74, 6) is -0.0872. The van der Waals surface area contributed by atoms with Crippen LogP contribution in [0.25, 0.3) is 0 Å². The van der Waals surface area contributed by atoms with Crippen molar-refractivity contribution in [3.05, 3.63) is 38.8 Å². The van der Waals surface area contributed by atoms with Crippen LogP contribution in [0.2, 0.25) is 5.02 Å². The minimum absolute atomic E-state index is 0.123. The fraction of sp³-hybridized carbons (Fsp3) is 0.438. The Morgan fingerprint density at radius 3 is 2.88 bits per heavy atom. The number of nitrogens with one attached hydrogen (secondary N) is 2. The number of anilines is 1. The van der Waals surface area contributed by atoms with Crippen molar-refractivity contribution in [3.63, 3.8) is 0 Å². The quantitative estimate of drug-likeness (QED) is 0.539. The van der Waals surface area contributed by atoms with Crippen molar-refractivity contribution < 1.29 is 9.53 Å². The second-order valence-corrected chi connectivity index (χ2v) is 6.93. The molecule has 0 spiro atoms. The second kappa shape index (κ2) is 9.07. The third kappa shape index (κ3) is 5.35. The van der Waals surface area contributed by atoms with E-state index in [1.807, 2.05) is 19.9 Å². The van der Waals surface area contributed by atoms with Crippen molar-refractivity contribution in [1.82, 2.24) is 14.8 Å². The predicted octanol–water partition coefficient (Wildman–Crippen LogP) is 2.61. The molecule has 0 saturated heterocycles. The number of rotatable bonds is 8. The number of H-pyrrole nitrogens is 1. The minimum atomic E-state index is -0.295. The maximum atomic E-state index is 12.2. The largest absolute Gasteiger partial charge is 0.385 e. The topological polar surface area (TPSA) is 89.0 Å². The molecule has 1 amide bonds. The molecule has 1 heterocycles. The Hall–Kier alpha value is -1.77. The first-order valence-electron chi connectivity index (χ1n) is 7.76. The van der Waals surface area contributed by atoms with Gasteiger partial charge in [0.25, 0.3) is 0 Å². The Morgan fingerprint density at radius 1 is 1.44 bits per heavy atom. The Balaban J connectivity index is 1.98. The average molecular weight is 385 g/mol. The van der Waals surface area contributed by atoms with Crippen LogP contribution < -0.4 is 11.0 Å². The number of hydrogen-bond acceptors (Lipinski definition) is 5. The Bertz CT molecular complexity index is 780. The summed E-state index contributed by atoms with van der Waals surface area (Å²) >= 11 is 7.39. The van der Waals surface area contributed by atoms with Crippen molar-refractivity contribution >= 4 is 35.0 Å². The van der Waals surface area contributed by atoms with Crippen LogP contribution >= 0.6 is 23.4 Å². The van der Waals surface area contributed by atoms with Crippen LogP contribution in [0.4, 0.5) is 5.69 Å². The lowest BCUT2D eigenvalue weighted by Gasteiger charge is -2.11. The van der Waals surface area contributed by atoms with E-state index in [0.717, 1.165) is 11.1 Å². The highest BCUT2D eigenvalue weighted by Crippen LogP contribution is 2.27. The molecule has 0 saturated carbocycles. The number of carbonyl (C=O) groups excluding carboxylic acids is 1. The number of amides is 1. The van der Waals surface area contributed by atoms with Crippen molar-refractivity contribution in [1.29, 1.82) is 0 Å². The molecule has 0 bridgehead atoms. The van der Waals surface area contributed by atoms with E-state index in [1.165, 1.54) is 16.3 Å². The zero-order valence-electron chi connectivity index (χ0n) is 14.4. The third-order valence-corrected chi connectivity index (χ3v) is 4.76. The van der Waals surface area contributed by atoms with E-state index in [1.54, 1.807) is 13.2 Å². The number of halogens is 1. The monoisotopic (exact) mass is 384 g/mol. The van der Waals surface area contributed by atoms with E-state index >= 15 is 0 Å². The van der Waals surface area contributed by atoms with Gasteiger partial charge in [0.15, 0.2) is 5.16 Å². The van der Waals surface area contributed by atoms with E-state index in [-0.39, 0.29) is 17.3 Å². The molecule has 0 atom stereocenters. The molecule has 0 fully saturated rings. The molecule has 136 valence electrons. The Labute approximate surface area is 155 Å². The molecule has 1 aromatic carbocycles. The van der Waals surface area contributed by atoms with Crippen LogP contribution in [0.15, 0.2) is 22.1 Å². The zero-order chi connectivity index (χ0) is 18.4. The number of hydrogen-bond donors (Lipinski definition) is 2. The van der Waals surface area contributed by atoms with Crippen LogP contribution in [-0.4, -0.2) is 40.1 Å². The van der Waals surface area contributed by atoms with Gasteiger partial charge in [-0.2, -0.15) is 0 Å². The highest BCUT2D eigenvalue weighted by atomic mass is 35.5. The van der Waals surface area contributed by atoms with Gasteiger partial charge in [-0.25, -0.2) is 9.89 Å². The first-order valence-corrected chi connectivity index (χ1v) is 9.12. The van der Waals surface area contributed by atoms with Gasteiger partial charge in [0, 0.05) is 20.3 Å². The number of aromatic nitrogens is 3. The molecule has 2 rings (SSSR count). The molecule has 2 aromatic rings. The SMILES string of the molecule is COCCCn1c(SCC(=O)Nc2c(C)cc(C)cc2Cl)n[nH]c1=O. The van der Waals surface area contributed by atoms with E-state index in [2.05, 4.69) is 15.5 Å². The summed E-state index contributed by atoms with van der Waals surface area (Å²) in [6, 6.07) is 3.76. The van der Waals surface area contributed by atoms with Crippen LogP contribution in [-0.2, 0) is 16.1 Å². The summed E-state index contributed by atoms with van der Waals surface area (Å²) in [5.41, 5.74) is 2.25. The Kier molecular flexibility index (Phi) is 7.10. The maximum Gasteiger partial charge on any atom is 0.343 e. The fourth-order valence-electron chi connectivity index (χ4n) is 2.36. The van der Waals surface area contributed by atoms with E-state index in [4.69, 9.17) is 16.3 Å². The Morgan fingerprint density at radius 2 is 2.20 bits per heavy atom. The summed E-state index contributed by atoms with van der Waals surface area (Å²) in [7, 11) is 1.61. The molecule has 7 nitrogen and oxygen atoms in total. The van der Waals surface area contributed by atoms with Gasteiger partial charge in [-0.05, 0) is 37.5 Å². The summed E-state index contributed by atoms with van der Waals surface area (Å²) in [6.45, 7) is 4.87. The third-order valence-electron chi connectivity index (χ3n) is 3.48. The molecule has 0 aliphatic heterocycles. The standard InChI is InChI=1S/C16H21ClN4O3S/c1-10-7-11(2)14(12(17)8-10)18-13(22)9-25-16-20-19-15(23)21(16)5-4-6-24-3/h7-8H,4-6,9H2,1-3H3,(H,18,22)(H,19,23). The zero-order valence-corrected chi connectivity index (χ0v) is 16.0. The first kappa shape index (κ1) is 19.6. The number of aryl methyl sites for hydroxylation is 2. The van der Waals surface area contributed by atoms with Crippen molar-refractivity contribution in [3.8, 4) is 0 Å². The van der Waals surface area contributed by atoms with Crippen LogP contribution in [0.5, 0.6) is 0 Å². The van der Waals surface area contributed by atoms with E-state index in [9.17, 15) is 9.59 Å². The van der Waals surface area contributed by atoms with Gasteiger partial charge in [0.05, 0.1) is 16.5 Å². The molecule has 0 radical (unpaired) electrons. The molecule has 9 heteroatoms. The highest BCUT2D eigenvalue weighted by Gasteiger charge is 2.13. The van der Waals surface area contributed by atoms with Crippen LogP contribution in [0.3, 0.4) is 0 Å². The van der Waals surface area contributed by atoms with Gasteiger partial charge in [0.1, 0.15) is 0 Å². The lowest BCUT2D eigenvalue weighted by Crippen LogP contribution is -2.19. The lowest BCUT2D eigenvalue weighted by atomic mass is 10.1. The molecule has 0 unspecified atom stereocenters. The van der Waals surface area contributed by atoms with E-state index < -0.39 is 0 Å². The second-order valence-electron chi connectivity index (χ2n) is 5.58. The molecule has 1 aromatic heterocycles. The van der Waals surface area contributed by atoms with Gasteiger partial charge in [-0.3, -0.25) is 9.36 Å². The number of benzene rings is 1. The summed E-state index contributed by atoms with van der Waals surface area (Å²) in [4.78, 5) is 24.0. The molecule has 25 heavy (non-hydrogen) atoms. The van der Waals surface area contributed by atoms with Gasteiger partial charge >= 0.3 is 5.69 Å². The van der Waals surface area contributed by atoms with Gasteiger partial charge in [-0.1, -0.05) is 29.4 Å². The molecule has 0 aliphatic carbocycles. The normalized spacial score (nSPS) is 10.9. The summed E-state index contributed by atoms with van der Waals surface area (Å²) in [6.07, 6.45) is 0.688. The van der Waals surface area contributed by atoms with Gasteiger partial charge in [0.2, 0.25) is 5.91 Å². The van der Waals surface area contributed by atoms with Crippen molar-refractivity contribution in [2.24, 2.45) is 0 Å². The average Bonchev–Trinajstić information content (AvgIpc) is 2.89. The minimum Gasteiger partial charge on any atom is -0.385 e. The van der Waals surface area contributed by atoms with Crippen molar-refractivity contribution in [2.75, 3.05) is 24.8 Å². The first-order chi connectivity index (χ1) is 11.9. The molecule has 2 N–H and O–H groups in total. The number of aromatic amines is 1. The fourth-order valence-corrected chi connectivity index (χ4v) is 3.50. The molecular formula is C16H21ClN4O3S. The maximum absolute atomic E-state index is 12.2. The van der Waals surface area contributed by atoms with Crippen LogP contribution in [0, 0.1) is 13.8 Å². The number of thioether (sulfide) groups is 1. The smallest absolute Gasteiger partial charge is 0.343 e. The number of nitrogens with zero attached hydrogens (tertiary/aromatic N) is 2. The number of methoxy groups -OCH3 is 1. The summed E-state index contributed by atoms with van der Waals surface area (Å²) < 4.78 is 6.49. The van der Waals surface area contributed by atoms with E-state index in [0.29, 0.717) is 35.4 Å². The van der Waals surface area contributed by atoms with Crippen LogP contribution in [0.1, 0.15) is 17.5 Å². The van der Waals surface area contributed by atoms with Crippen molar-refractivity contribution in [2.45, 2.75) is 32.0 Å². The highest BCUT2D eigenvalue weighted by molar-refractivity contribution is 7.99. The lowest BCUT2D eigenvalue weighted by molar-refractivity contribution is -0.113. The molecule has 0 aliphatic rings. The number of ether oxygens (including phenoxy) is 1. The predicted molar refractivity (Wildman–Crippen MR) is 99.6 cm³/mol. The summed E-state index contributed by atoms with van der Waals surface area (Å²) in [5, 5.41) is 10.2. The molecular weight excluding hydrogens is 364 g/mol.